The van der Waals surface area contributed by atoms with E-state index in [-0.39, 0.29) is 6.04 Å². The van der Waals surface area contributed by atoms with Crippen LogP contribution in [0.25, 0.3) is 0 Å². The Morgan fingerprint density at radius 3 is 2.58 bits per heavy atom. The van der Waals surface area contributed by atoms with Crippen molar-refractivity contribution >= 4 is 15.9 Å². The molecule has 1 fully saturated rings. The largest absolute Gasteiger partial charge is 0.325 e. The van der Waals surface area contributed by atoms with Gasteiger partial charge in [-0.3, -0.25) is 0 Å². The smallest absolute Gasteiger partial charge is 0.153 e. The number of halogens is 2. The molecule has 0 amide bonds. The van der Waals surface area contributed by atoms with Gasteiger partial charge >= 0.3 is 0 Å². The Balaban J connectivity index is 2.41. The van der Waals surface area contributed by atoms with Gasteiger partial charge in [-0.1, -0.05) is 34.1 Å². The topological polar surface area (TPSA) is 26.0 Å². The van der Waals surface area contributed by atoms with Crippen LogP contribution in [0.1, 0.15) is 12.0 Å². The molecule has 2 rings (SSSR count). The summed E-state index contributed by atoms with van der Waals surface area (Å²) in [5.41, 5.74) is 4.91. The summed E-state index contributed by atoms with van der Waals surface area (Å²) >= 11 is 3.30. The lowest BCUT2D eigenvalue weighted by atomic mass is 10.1. The number of benzene rings is 1. The van der Waals surface area contributed by atoms with Gasteiger partial charge in [0.2, 0.25) is 0 Å². The molecule has 64 valence electrons. The lowest BCUT2D eigenvalue weighted by Crippen LogP contribution is -2.13. The molecule has 1 saturated carbocycles. The van der Waals surface area contributed by atoms with E-state index in [1.165, 1.54) is 0 Å². The summed E-state index contributed by atoms with van der Waals surface area (Å²) in [6.07, 6.45) is 0.440. The second kappa shape index (κ2) is 2.54. The molecule has 0 radical (unpaired) electrons. The van der Waals surface area contributed by atoms with Crippen molar-refractivity contribution in [2.45, 2.75) is 18.1 Å². The maximum absolute atomic E-state index is 13.7. The Bertz CT molecular complexity index is 315. The molecule has 1 aromatic rings. The minimum atomic E-state index is -1.28. The van der Waals surface area contributed by atoms with Gasteiger partial charge in [0.15, 0.2) is 5.67 Å². The first-order chi connectivity index (χ1) is 5.64. The van der Waals surface area contributed by atoms with Crippen molar-refractivity contribution in [1.82, 2.24) is 0 Å². The van der Waals surface area contributed by atoms with Crippen LogP contribution in [0.2, 0.25) is 0 Å². The third-order valence-electron chi connectivity index (χ3n) is 2.27. The summed E-state index contributed by atoms with van der Waals surface area (Å²) in [6.45, 7) is 0. The fourth-order valence-corrected chi connectivity index (χ4v) is 1.98. The first-order valence-electron chi connectivity index (χ1n) is 3.84. The van der Waals surface area contributed by atoms with Gasteiger partial charge in [0.05, 0.1) is 0 Å². The minimum Gasteiger partial charge on any atom is -0.325 e. The van der Waals surface area contributed by atoms with E-state index in [1.807, 2.05) is 18.2 Å². The number of rotatable bonds is 1. The van der Waals surface area contributed by atoms with Gasteiger partial charge in [-0.2, -0.15) is 0 Å². The van der Waals surface area contributed by atoms with Crippen LogP contribution in [-0.4, -0.2) is 6.04 Å². The first-order valence-corrected chi connectivity index (χ1v) is 4.63. The highest BCUT2D eigenvalue weighted by Gasteiger charge is 2.55. The van der Waals surface area contributed by atoms with E-state index >= 15 is 0 Å². The Kier molecular flexibility index (Phi) is 1.73. The first kappa shape index (κ1) is 8.20. The zero-order chi connectivity index (χ0) is 8.77. The van der Waals surface area contributed by atoms with Gasteiger partial charge in [-0.25, -0.2) is 4.39 Å². The van der Waals surface area contributed by atoms with Gasteiger partial charge in [0.1, 0.15) is 0 Å². The van der Waals surface area contributed by atoms with Gasteiger partial charge in [-0.15, -0.1) is 0 Å². The van der Waals surface area contributed by atoms with Crippen molar-refractivity contribution in [3.8, 4) is 0 Å². The molecule has 0 heterocycles. The summed E-state index contributed by atoms with van der Waals surface area (Å²) in [4.78, 5) is 0. The third-order valence-corrected chi connectivity index (χ3v) is 2.96. The lowest BCUT2D eigenvalue weighted by molar-refractivity contribution is 0.305. The molecule has 0 aromatic heterocycles. The van der Waals surface area contributed by atoms with Crippen LogP contribution in [0.4, 0.5) is 4.39 Å². The molecule has 1 aliphatic carbocycles. The number of alkyl halides is 1. The van der Waals surface area contributed by atoms with E-state index in [9.17, 15) is 4.39 Å². The average molecular weight is 230 g/mol. The minimum absolute atomic E-state index is 0.323. The van der Waals surface area contributed by atoms with Gasteiger partial charge in [0, 0.05) is 22.5 Å². The van der Waals surface area contributed by atoms with Crippen molar-refractivity contribution < 1.29 is 4.39 Å². The standard InChI is InChI=1S/C9H9BrFN/c10-7-4-2-1-3-6(7)9(11)5-8(9)12/h1-4,8H,5,12H2/t8-,9-/m0/s1. The van der Waals surface area contributed by atoms with Crippen LogP contribution in [0.5, 0.6) is 0 Å². The van der Waals surface area contributed by atoms with Crippen molar-refractivity contribution in [3.05, 3.63) is 34.3 Å². The zero-order valence-electron chi connectivity index (χ0n) is 6.43. The van der Waals surface area contributed by atoms with E-state index in [4.69, 9.17) is 5.73 Å². The fraction of sp³-hybridized carbons (Fsp3) is 0.333. The van der Waals surface area contributed by atoms with E-state index < -0.39 is 5.67 Å². The van der Waals surface area contributed by atoms with Crippen LogP contribution in [0.3, 0.4) is 0 Å². The van der Waals surface area contributed by atoms with Crippen molar-refractivity contribution in [3.63, 3.8) is 0 Å². The molecule has 1 aromatic carbocycles. The van der Waals surface area contributed by atoms with E-state index in [0.29, 0.717) is 12.0 Å². The summed E-state index contributed by atoms with van der Waals surface area (Å²) in [6, 6.07) is 6.98. The predicted octanol–water partition coefficient (Wildman–Crippen LogP) is 2.34. The monoisotopic (exact) mass is 229 g/mol. The van der Waals surface area contributed by atoms with Crippen LogP contribution >= 0.6 is 15.9 Å². The Morgan fingerprint density at radius 2 is 2.08 bits per heavy atom. The molecule has 12 heavy (non-hydrogen) atoms. The molecule has 1 nitrogen and oxygen atoms in total. The Hall–Kier alpha value is -0.410. The van der Waals surface area contributed by atoms with Crippen molar-refractivity contribution in [2.75, 3.05) is 0 Å². The highest BCUT2D eigenvalue weighted by molar-refractivity contribution is 9.10. The number of hydrogen-bond donors (Lipinski definition) is 1. The van der Waals surface area contributed by atoms with Gasteiger partial charge < -0.3 is 5.73 Å². The summed E-state index contributed by atoms with van der Waals surface area (Å²) in [5, 5.41) is 0. The van der Waals surface area contributed by atoms with E-state index in [1.54, 1.807) is 6.07 Å². The van der Waals surface area contributed by atoms with Crippen LogP contribution in [-0.2, 0) is 5.67 Å². The Labute approximate surface area is 78.9 Å². The molecule has 1 aliphatic rings. The van der Waals surface area contributed by atoms with Crippen LogP contribution in [0.15, 0.2) is 28.7 Å². The molecule has 2 N–H and O–H groups in total. The summed E-state index contributed by atoms with van der Waals surface area (Å²) in [7, 11) is 0. The second-order valence-corrected chi connectivity index (χ2v) is 4.01. The van der Waals surface area contributed by atoms with Crippen LogP contribution < -0.4 is 5.73 Å². The molecular formula is C9H9BrFN. The van der Waals surface area contributed by atoms with Crippen molar-refractivity contribution in [1.29, 1.82) is 0 Å². The molecule has 0 saturated heterocycles. The normalized spacial score (nSPS) is 33.4. The fourth-order valence-electron chi connectivity index (χ4n) is 1.37. The van der Waals surface area contributed by atoms with E-state index in [2.05, 4.69) is 15.9 Å². The van der Waals surface area contributed by atoms with Gasteiger partial charge in [0.25, 0.3) is 0 Å². The second-order valence-electron chi connectivity index (χ2n) is 3.15. The molecule has 0 spiro atoms. The zero-order valence-corrected chi connectivity index (χ0v) is 8.01. The maximum Gasteiger partial charge on any atom is 0.153 e. The quantitative estimate of drug-likeness (QED) is 0.787. The van der Waals surface area contributed by atoms with Crippen molar-refractivity contribution in [2.24, 2.45) is 5.73 Å². The number of nitrogens with two attached hydrogens (primary N) is 1. The number of hydrogen-bond acceptors (Lipinski definition) is 1. The van der Waals surface area contributed by atoms with Crippen LogP contribution in [0, 0.1) is 0 Å². The molecule has 2 atom stereocenters. The van der Waals surface area contributed by atoms with Gasteiger partial charge in [-0.05, 0) is 6.07 Å². The SMILES string of the molecule is N[C@H]1C[C@]1(F)c1ccccc1Br. The lowest BCUT2D eigenvalue weighted by Gasteiger charge is -2.07. The average Bonchev–Trinajstić information content (AvgIpc) is 2.61. The summed E-state index contributed by atoms with van der Waals surface area (Å²) < 4.78 is 14.5. The molecule has 0 unspecified atom stereocenters. The predicted molar refractivity (Wildman–Crippen MR) is 49.5 cm³/mol. The molecular weight excluding hydrogens is 221 g/mol. The molecule has 0 aliphatic heterocycles. The Morgan fingerprint density at radius 1 is 1.50 bits per heavy atom. The highest BCUT2D eigenvalue weighted by atomic mass is 79.9. The molecule has 3 heteroatoms. The van der Waals surface area contributed by atoms with E-state index in [0.717, 1.165) is 4.47 Å². The third kappa shape index (κ3) is 1.08. The highest BCUT2D eigenvalue weighted by Crippen LogP contribution is 2.50. The summed E-state index contributed by atoms with van der Waals surface area (Å²) in [5.74, 6) is 0. The maximum atomic E-state index is 13.7. The molecule has 0 bridgehead atoms.